The molecule has 0 spiro atoms. The van der Waals surface area contributed by atoms with Gasteiger partial charge in [0.05, 0.1) is 0 Å². The first-order valence-electron chi connectivity index (χ1n) is 12.0. The van der Waals surface area contributed by atoms with E-state index in [4.69, 9.17) is 10.5 Å². The van der Waals surface area contributed by atoms with Gasteiger partial charge < -0.3 is 26.0 Å². The lowest BCUT2D eigenvalue weighted by Gasteiger charge is -2.32. The Morgan fingerprint density at radius 3 is 2.38 bits per heavy atom. The molecule has 9 heteroatoms. The molecule has 0 bridgehead atoms. The summed E-state index contributed by atoms with van der Waals surface area (Å²) in [6.07, 6.45) is 0.613. The van der Waals surface area contributed by atoms with E-state index in [2.05, 4.69) is 17.2 Å². The van der Waals surface area contributed by atoms with E-state index in [1.165, 1.54) is 11.9 Å². The largest absolute Gasteiger partial charge is 0.444 e. The molecule has 2 unspecified atom stereocenters. The second kappa shape index (κ2) is 12.7. The average molecular weight is 509 g/mol. The van der Waals surface area contributed by atoms with Crippen LogP contribution in [0.3, 0.4) is 0 Å². The average Bonchev–Trinajstić information content (AvgIpc) is 2.81. The highest BCUT2D eigenvalue weighted by Gasteiger charge is 2.34. The van der Waals surface area contributed by atoms with Crippen molar-refractivity contribution in [3.05, 3.63) is 71.8 Å². The highest BCUT2D eigenvalue weighted by atomic mass is 16.6. The number of rotatable bonds is 10. The van der Waals surface area contributed by atoms with Crippen LogP contribution in [0.1, 0.15) is 56.3 Å². The molecule has 0 fully saturated rings. The van der Waals surface area contributed by atoms with Gasteiger partial charge in [0.1, 0.15) is 17.7 Å². The summed E-state index contributed by atoms with van der Waals surface area (Å²) in [7, 11) is 1.47. The quantitative estimate of drug-likeness (QED) is 0.447. The standard InChI is InChI=1S/C28H36N4O5/c1-7-19-12-10-13-20(17-19)24(25(34)30-21-14-9-8-11-18(21)2)32(6)26(35)22(15-16-23(29)33)31-27(36)37-28(3,4)5/h7-14,17,22,24H,1,15-16H2,2-6H3,(H2,29,33)(H,30,34)(H,31,36). The van der Waals surface area contributed by atoms with Gasteiger partial charge in [0.15, 0.2) is 0 Å². The molecule has 2 atom stereocenters. The van der Waals surface area contributed by atoms with Crippen LogP contribution in [0.4, 0.5) is 10.5 Å². The van der Waals surface area contributed by atoms with Crippen molar-refractivity contribution in [3.63, 3.8) is 0 Å². The van der Waals surface area contributed by atoms with Gasteiger partial charge in [-0.25, -0.2) is 4.79 Å². The molecule has 37 heavy (non-hydrogen) atoms. The molecule has 0 aromatic heterocycles. The number of carbonyl (C=O) groups excluding carboxylic acids is 4. The maximum atomic E-state index is 13.7. The Balaban J connectivity index is 2.43. The summed E-state index contributed by atoms with van der Waals surface area (Å²) in [5.74, 6) is -1.66. The Bertz CT molecular complexity index is 1160. The highest BCUT2D eigenvalue weighted by molar-refractivity contribution is 5.99. The molecule has 2 rings (SSSR count). The van der Waals surface area contributed by atoms with Crippen molar-refractivity contribution in [2.75, 3.05) is 12.4 Å². The van der Waals surface area contributed by atoms with Crippen molar-refractivity contribution < 1.29 is 23.9 Å². The van der Waals surface area contributed by atoms with Crippen molar-refractivity contribution in [1.29, 1.82) is 0 Å². The normalized spacial score (nSPS) is 12.6. The first-order valence-corrected chi connectivity index (χ1v) is 12.0. The lowest BCUT2D eigenvalue weighted by Crippen LogP contribution is -2.51. The van der Waals surface area contributed by atoms with E-state index in [9.17, 15) is 19.2 Å². The van der Waals surface area contributed by atoms with Crippen LogP contribution in [-0.4, -0.2) is 47.4 Å². The molecule has 4 amide bonds. The molecule has 2 aromatic carbocycles. The van der Waals surface area contributed by atoms with Gasteiger partial charge in [-0.05, 0) is 62.9 Å². The van der Waals surface area contributed by atoms with Gasteiger partial charge in [-0.15, -0.1) is 0 Å². The molecule has 2 aromatic rings. The minimum Gasteiger partial charge on any atom is -0.444 e. The summed E-state index contributed by atoms with van der Waals surface area (Å²) < 4.78 is 5.29. The molecule has 0 saturated heterocycles. The highest BCUT2D eigenvalue weighted by Crippen LogP contribution is 2.25. The number of nitrogens with zero attached hydrogens (tertiary/aromatic N) is 1. The van der Waals surface area contributed by atoms with Crippen LogP contribution in [0.2, 0.25) is 0 Å². The Kier molecular flexibility index (Phi) is 9.99. The maximum Gasteiger partial charge on any atom is 0.408 e. The van der Waals surface area contributed by atoms with E-state index in [0.717, 1.165) is 11.1 Å². The molecule has 0 aliphatic heterocycles. The number of aryl methyl sites for hydroxylation is 1. The van der Waals surface area contributed by atoms with Crippen LogP contribution in [0.25, 0.3) is 6.08 Å². The lowest BCUT2D eigenvalue weighted by atomic mass is 10.00. The third kappa shape index (κ3) is 8.79. The number of anilines is 1. The zero-order chi connectivity index (χ0) is 27.8. The van der Waals surface area contributed by atoms with Crippen molar-refractivity contribution in [1.82, 2.24) is 10.2 Å². The summed E-state index contributed by atoms with van der Waals surface area (Å²) in [6.45, 7) is 10.7. The van der Waals surface area contributed by atoms with Gasteiger partial charge in [0, 0.05) is 19.2 Å². The number of nitrogens with two attached hydrogens (primary N) is 1. The number of alkyl carbamates (subject to hydrolysis) is 1. The Morgan fingerprint density at radius 1 is 1.11 bits per heavy atom. The number of primary amides is 1. The van der Waals surface area contributed by atoms with Crippen molar-refractivity contribution in [2.24, 2.45) is 5.73 Å². The van der Waals surface area contributed by atoms with E-state index in [1.54, 1.807) is 57.2 Å². The van der Waals surface area contributed by atoms with E-state index in [0.29, 0.717) is 11.3 Å². The Hall–Kier alpha value is -4.14. The number of hydrogen-bond donors (Lipinski definition) is 3. The zero-order valence-electron chi connectivity index (χ0n) is 22.0. The van der Waals surface area contributed by atoms with Crippen molar-refractivity contribution >= 4 is 35.6 Å². The number of hydrogen-bond acceptors (Lipinski definition) is 5. The zero-order valence-corrected chi connectivity index (χ0v) is 22.0. The van der Waals surface area contributed by atoms with Gasteiger partial charge >= 0.3 is 6.09 Å². The molecule has 198 valence electrons. The lowest BCUT2D eigenvalue weighted by molar-refractivity contribution is -0.139. The van der Waals surface area contributed by atoms with Crippen LogP contribution in [0, 0.1) is 6.92 Å². The van der Waals surface area contributed by atoms with Crippen LogP contribution in [0.15, 0.2) is 55.1 Å². The summed E-state index contributed by atoms with van der Waals surface area (Å²) in [5, 5.41) is 5.43. The van der Waals surface area contributed by atoms with E-state index < -0.39 is 41.5 Å². The fourth-order valence-electron chi connectivity index (χ4n) is 3.69. The first-order chi connectivity index (χ1) is 17.3. The predicted octanol–water partition coefficient (Wildman–Crippen LogP) is 3.94. The molecule has 0 heterocycles. The number of para-hydroxylation sites is 1. The van der Waals surface area contributed by atoms with Crippen LogP contribution in [-0.2, 0) is 19.1 Å². The number of carbonyl (C=O) groups is 4. The Labute approximate surface area is 218 Å². The van der Waals surface area contributed by atoms with Crippen molar-refractivity contribution in [2.45, 2.75) is 58.2 Å². The molecule has 9 nitrogen and oxygen atoms in total. The molecular weight excluding hydrogens is 472 g/mol. The van der Waals surface area contributed by atoms with Crippen LogP contribution in [0.5, 0.6) is 0 Å². The molecule has 0 aliphatic carbocycles. The molecule has 0 aliphatic rings. The summed E-state index contributed by atoms with van der Waals surface area (Å²) in [4.78, 5) is 52.4. The number of benzene rings is 2. The molecule has 0 radical (unpaired) electrons. The van der Waals surface area contributed by atoms with Crippen molar-refractivity contribution in [3.8, 4) is 0 Å². The summed E-state index contributed by atoms with van der Waals surface area (Å²) >= 11 is 0. The van der Waals surface area contributed by atoms with Crippen LogP contribution < -0.4 is 16.4 Å². The molecular formula is C28H36N4O5. The first kappa shape index (κ1) is 29.1. The van der Waals surface area contributed by atoms with E-state index in [-0.39, 0.29) is 12.8 Å². The fourth-order valence-corrected chi connectivity index (χ4v) is 3.69. The number of amides is 4. The monoisotopic (exact) mass is 508 g/mol. The van der Waals surface area contributed by atoms with E-state index >= 15 is 0 Å². The van der Waals surface area contributed by atoms with Gasteiger partial charge in [0.2, 0.25) is 11.8 Å². The molecule has 0 saturated carbocycles. The fraction of sp³-hybridized carbons (Fsp3) is 0.357. The predicted molar refractivity (Wildman–Crippen MR) is 143 cm³/mol. The van der Waals surface area contributed by atoms with Gasteiger partial charge in [-0.1, -0.05) is 49.1 Å². The van der Waals surface area contributed by atoms with Gasteiger partial charge in [0.25, 0.3) is 5.91 Å². The van der Waals surface area contributed by atoms with Crippen LogP contribution >= 0.6 is 0 Å². The van der Waals surface area contributed by atoms with Gasteiger partial charge in [-0.3, -0.25) is 14.4 Å². The second-order valence-corrected chi connectivity index (χ2v) is 9.73. The number of likely N-dealkylation sites (N-methyl/N-ethyl adjacent to an activating group) is 1. The minimum absolute atomic E-state index is 0.0589. The third-order valence-electron chi connectivity index (χ3n) is 5.52. The van der Waals surface area contributed by atoms with Gasteiger partial charge in [-0.2, -0.15) is 0 Å². The second-order valence-electron chi connectivity index (χ2n) is 9.73. The SMILES string of the molecule is C=Cc1cccc(C(C(=O)Nc2ccccc2C)N(C)C(=O)C(CCC(N)=O)NC(=O)OC(C)(C)C)c1. The molecule has 4 N–H and O–H groups in total. The van der Waals surface area contributed by atoms with E-state index in [1.807, 2.05) is 25.1 Å². The topological polar surface area (TPSA) is 131 Å². The minimum atomic E-state index is -1.15. The third-order valence-corrected chi connectivity index (χ3v) is 5.52. The number of ether oxygens (including phenoxy) is 1. The maximum absolute atomic E-state index is 13.7. The number of nitrogens with one attached hydrogen (secondary N) is 2. The summed E-state index contributed by atoms with van der Waals surface area (Å²) in [6, 6.07) is 12.2. The smallest absolute Gasteiger partial charge is 0.408 e. The summed E-state index contributed by atoms with van der Waals surface area (Å²) in [5.41, 5.74) is 7.28. The Morgan fingerprint density at radius 2 is 1.78 bits per heavy atom.